The number of nitrogens with one attached hydrogen (secondary N) is 1. The molecule has 0 unspecified atom stereocenters. The molecule has 0 atom stereocenters. The van der Waals surface area contributed by atoms with Crippen molar-refractivity contribution in [2.75, 3.05) is 23.3 Å². The fraction of sp³-hybridized carbons (Fsp3) is 0.400. The summed E-state index contributed by atoms with van der Waals surface area (Å²) in [6, 6.07) is 3.99. The van der Waals surface area contributed by atoms with Crippen molar-refractivity contribution in [3.63, 3.8) is 0 Å². The van der Waals surface area contributed by atoms with E-state index in [9.17, 15) is 0 Å². The van der Waals surface area contributed by atoms with Gasteiger partial charge in [0.05, 0.1) is 6.20 Å². The summed E-state index contributed by atoms with van der Waals surface area (Å²) in [6.45, 7) is 6.58. The second-order valence-electron chi connectivity index (χ2n) is 4.66. The molecule has 21 heavy (non-hydrogen) atoms. The van der Waals surface area contributed by atoms with E-state index in [4.69, 9.17) is 11.6 Å². The Balaban J connectivity index is 2.20. The molecule has 0 aliphatic carbocycles. The molecule has 0 amide bonds. The lowest BCUT2D eigenvalue weighted by Gasteiger charge is -2.23. The van der Waals surface area contributed by atoms with E-state index in [1.165, 1.54) is 5.56 Å². The largest absolute Gasteiger partial charge is 0.354 e. The molecule has 6 heteroatoms. The molecule has 0 bridgehead atoms. The van der Waals surface area contributed by atoms with Crippen molar-refractivity contribution in [1.82, 2.24) is 15.0 Å². The van der Waals surface area contributed by atoms with Gasteiger partial charge in [0.2, 0.25) is 5.95 Å². The van der Waals surface area contributed by atoms with Crippen molar-refractivity contribution in [3.05, 3.63) is 41.3 Å². The molecule has 0 saturated heterocycles. The molecule has 0 fully saturated rings. The van der Waals surface area contributed by atoms with E-state index in [0.717, 1.165) is 31.9 Å². The van der Waals surface area contributed by atoms with E-state index < -0.39 is 0 Å². The van der Waals surface area contributed by atoms with Crippen LogP contribution in [0.15, 0.2) is 30.7 Å². The Morgan fingerprint density at radius 3 is 2.67 bits per heavy atom. The van der Waals surface area contributed by atoms with E-state index in [1.807, 2.05) is 12.1 Å². The summed E-state index contributed by atoms with van der Waals surface area (Å²) < 4.78 is 0. The van der Waals surface area contributed by atoms with Crippen LogP contribution in [0, 0.1) is 0 Å². The Kier molecular flexibility index (Phi) is 5.75. The van der Waals surface area contributed by atoms with Crippen molar-refractivity contribution in [1.29, 1.82) is 0 Å². The van der Waals surface area contributed by atoms with Crippen LogP contribution in [0.4, 0.5) is 11.8 Å². The first-order chi connectivity index (χ1) is 10.2. The lowest BCUT2D eigenvalue weighted by Crippen LogP contribution is -2.24. The highest BCUT2D eigenvalue weighted by molar-refractivity contribution is 6.32. The van der Waals surface area contributed by atoms with Crippen LogP contribution in [0.2, 0.25) is 5.02 Å². The minimum Gasteiger partial charge on any atom is -0.354 e. The number of rotatable bonds is 7. The molecule has 2 heterocycles. The summed E-state index contributed by atoms with van der Waals surface area (Å²) in [5, 5.41) is 3.75. The smallest absolute Gasteiger partial charge is 0.224 e. The van der Waals surface area contributed by atoms with Crippen molar-refractivity contribution < 1.29 is 0 Å². The van der Waals surface area contributed by atoms with Crippen molar-refractivity contribution in [3.8, 4) is 0 Å². The van der Waals surface area contributed by atoms with Crippen LogP contribution in [0.25, 0.3) is 0 Å². The van der Waals surface area contributed by atoms with Gasteiger partial charge in [-0.3, -0.25) is 4.98 Å². The summed E-state index contributed by atoms with van der Waals surface area (Å²) in [5.41, 5.74) is 1.17. The van der Waals surface area contributed by atoms with Gasteiger partial charge in [0, 0.05) is 32.0 Å². The molecule has 5 nitrogen and oxygen atoms in total. The maximum atomic E-state index is 6.26. The zero-order chi connectivity index (χ0) is 15.1. The fourth-order valence-electron chi connectivity index (χ4n) is 1.95. The Labute approximate surface area is 130 Å². The first kappa shape index (κ1) is 15.5. The van der Waals surface area contributed by atoms with Crippen LogP contribution in [0.5, 0.6) is 0 Å². The third-order valence-electron chi connectivity index (χ3n) is 3.06. The zero-order valence-corrected chi connectivity index (χ0v) is 13.1. The average molecular weight is 306 g/mol. The molecule has 0 aliphatic rings. The predicted octanol–water partition coefficient (Wildman–Crippen LogP) is 3.37. The third-order valence-corrected chi connectivity index (χ3v) is 3.33. The van der Waals surface area contributed by atoms with Crippen LogP contribution in [-0.2, 0) is 6.54 Å². The maximum absolute atomic E-state index is 6.26. The summed E-state index contributed by atoms with van der Waals surface area (Å²) in [5.74, 6) is 1.37. The van der Waals surface area contributed by atoms with Crippen LogP contribution < -0.4 is 10.2 Å². The van der Waals surface area contributed by atoms with Crippen molar-refractivity contribution >= 4 is 23.4 Å². The van der Waals surface area contributed by atoms with Crippen LogP contribution in [0.1, 0.15) is 25.8 Å². The number of hydrogen-bond donors (Lipinski definition) is 1. The Bertz CT molecular complexity index is 561. The van der Waals surface area contributed by atoms with Gasteiger partial charge in [-0.15, -0.1) is 0 Å². The van der Waals surface area contributed by atoms with Gasteiger partial charge in [0.1, 0.15) is 5.02 Å². The topological polar surface area (TPSA) is 53.9 Å². The molecule has 0 saturated carbocycles. The van der Waals surface area contributed by atoms with E-state index in [1.54, 1.807) is 18.6 Å². The minimum atomic E-state index is 0.563. The molecule has 2 aromatic rings. The summed E-state index contributed by atoms with van der Waals surface area (Å²) in [4.78, 5) is 14.9. The second kappa shape index (κ2) is 7.78. The van der Waals surface area contributed by atoms with Gasteiger partial charge in [-0.25, -0.2) is 4.98 Å². The number of anilines is 2. The molecular weight excluding hydrogens is 286 g/mol. The highest BCUT2D eigenvalue weighted by atomic mass is 35.5. The third kappa shape index (κ3) is 4.29. The van der Waals surface area contributed by atoms with Crippen molar-refractivity contribution in [2.45, 2.75) is 26.8 Å². The molecule has 0 radical (unpaired) electrons. The highest BCUT2D eigenvalue weighted by Crippen LogP contribution is 2.25. The fourth-order valence-corrected chi connectivity index (χ4v) is 2.16. The quantitative estimate of drug-likeness (QED) is 0.850. The Morgan fingerprint density at radius 1 is 1.24 bits per heavy atom. The highest BCUT2D eigenvalue weighted by Gasteiger charge is 2.13. The molecule has 112 valence electrons. The van der Waals surface area contributed by atoms with E-state index in [-0.39, 0.29) is 0 Å². The molecule has 0 spiro atoms. The van der Waals surface area contributed by atoms with E-state index in [2.05, 4.69) is 39.0 Å². The maximum Gasteiger partial charge on any atom is 0.224 e. The normalized spacial score (nSPS) is 10.4. The van der Waals surface area contributed by atoms with Gasteiger partial charge in [0.25, 0.3) is 0 Å². The van der Waals surface area contributed by atoms with Crippen molar-refractivity contribution in [2.24, 2.45) is 0 Å². The first-order valence-electron chi connectivity index (χ1n) is 7.14. The number of halogens is 1. The van der Waals surface area contributed by atoms with Crippen LogP contribution >= 0.6 is 11.6 Å². The minimum absolute atomic E-state index is 0.563. The first-order valence-corrected chi connectivity index (χ1v) is 7.52. The Morgan fingerprint density at radius 2 is 2.00 bits per heavy atom. The number of hydrogen-bond acceptors (Lipinski definition) is 5. The molecule has 0 aromatic carbocycles. The lowest BCUT2D eigenvalue weighted by atomic mass is 10.2. The molecule has 0 aliphatic heterocycles. The second-order valence-corrected chi connectivity index (χ2v) is 5.07. The summed E-state index contributed by atoms with van der Waals surface area (Å²) >= 11 is 6.26. The zero-order valence-electron chi connectivity index (χ0n) is 12.4. The van der Waals surface area contributed by atoms with Gasteiger partial charge in [-0.2, -0.15) is 4.98 Å². The van der Waals surface area contributed by atoms with E-state index >= 15 is 0 Å². The molecule has 2 aromatic heterocycles. The van der Waals surface area contributed by atoms with Crippen LogP contribution in [-0.4, -0.2) is 28.0 Å². The van der Waals surface area contributed by atoms with Gasteiger partial charge in [-0.05, 0) is 31.0 Å². The SMILES string of the molecule is CCCNc1ncc(Cl)c(N(CC)Cc2ccncc2)n1. The lowest BCUT2D eigenvalue weighted by molar-refractivity contribution is 0.808. The predicted molar refractivity (Wildman–Crippen MR) is 86.8 cm³/mol. The summed E-state index contributed by atoms with van der Waals surface area (Å²) in [7, 11) is 0. The molecule has 1 N–H and O–H groups in total. The number of pyridine rings is 1. The van der Waals surface area contributed by atoms with Crippen LogP contribution in [0.3, 0.4) is 0 Å². The number of nitrogens with zero attached hydrogens (tertiary/aromatic N) is 4. The van der Waals surface area contributed by atoms with Gasteiger partial charge in [0.15, 0.2) is 5.82 Å². The Hall–Kier alpha value is -1.88. The number of aromatic nitrogens is 3. The summed E-state index contributed by atoms with van der Waals surface area (Å²) in [6.07, 6.45) is 6.25. The average Bonchev–Trinajstić information content (AvgIpc) is 2.53. The van der Waals surface area contributed by atoms with Gasteiger partial charge >= 0.3 is 0 Å². The molecular formula is C15H20ClN5. The monoisotopic (exact) mass is 305 g/mol. The standard InChI is InChI=1S/C15H20ClN5/c1-3-7-18-15-19-10-13(16)14(20-15)21(4-2)11-12-5-8-17-9-6-12/h5-6,8-10H,3-4,7,11H2,1-2H3,(H,18,19,20). The van der Waals surface area contributed by atoms with Gasteiger partial charge in [-0.1, -0.05) is 18.5 Å². The van der Waals surface area contributed by atoms with Gasteiger partial charge < -0.3 is 10.2 Å². The van der Waals surface area contributed by atoms with E-state index in [0.29, 0.717) is 11.0 Å². The molecule has 2 rings (SSSR count).